The zero-order valence-corrected chi connectivity index (χ0v) is 21.1. The molecular weight excluding hydrogens is 466 g/mol. The van der Waals surface area contributed by atoms with E-state index in [-0.39, 0.29) is 10.7 Å². The van der Waals surface area contributed by atoms with E-state index in [1.807, 2.05) is 106 Å². The Bertz CT molecular complexity index is 1540. The van der Waals surface area contributed by atoms with Gasteiger partial charge in [0.25, 0.3) is 11.8 Å². The first-order chi connectivity index (χ1) is 17.3. The average Bonchev–Trinajstić information content (AvgIpc) is 3.19. The van der Waals surface area contributed by atoms with Crippen LogP contribution in [0.4, 0.5) is 5.69 Å². The molecular formula is C30H25N3O2S. The number of carbonyl (C=O) groups is 2. The van der Waals surface area contributed by atoms with Crippen molar-refractivity contribution in [2.75, 3.05) is 4.90 Å². The largest absolute Gasteiger partial charge is 0.313 e. The maximum Gasteiger partial charge on any atom is 0.270 e. The summed E-state index contributed by atoms with van der Waals surface area (Å²) in [5.41, 5.74) is 7.30. The Morgan fingerprint density at radius 3 is 2.17 bits per heavy atom. The van der Waals surface area contributed by atoms with Crippen molar-refractivity contribution in [1.82, 2.24) is 9.88 Å². The highest BCUT2D eigenvalue weighted by Crippen LogP contribution is 2.33. The van der Waals surface area contributed by atoms with Gasteiger partial charge in [0, 0.05) is 16.9 Å². The first kappa shape index (κ1) is 23.5. The van der Waals surface area contributed by atoms with Crippen LogP contribution in [0.1, 0.15) is 22.4 Å². The minimum absolute atomic E-state index is 0.0333. The molecule has 178 valence electrons. The number of rotatable bonds is 4. The third kappa shape index (κ3) is 4.16. The summed E-state index contributed by atoms with van der Waals surface area (Å²) in [5.74, 6) is -0.949. The van der Waals surface area contributed by atoms with Crippen molar-refractivity contribution >= 4 is 40.9 Å². The fourth-order valence-corrected chi connectivity index (χ4v) is 4.94. The van der Waals surface area contributed by atoms with E-state index in [0.29, 0.717) is 5.69 Å². The van der Waals surface area contributed by atoms with Crippen LogP contribution in [0.15, 0.2) is 90.5 Å². The second kappa shape index (κ2) is 9.40. The van der Waals surface area contributed by atoms with Gasteiger partial charge >= 0.3 is 0 Å². The molecule has 5 rings (SSSR count). The highest BCUT2D eigenvalue weighted by Gasteiger charge is 2.35. The molecule has 4 aromatic rings. The number of nitrogens with zero attached hydrogens (tertiary/aromatic N) is 2. The van der Waals surface area contributed by atoms with Gasteiger partial charge in [0.2, 0.25) is 0 Å². The van der Waals surface area contributed by atoms with E-state index in [0.717, 1.165) is 39.3 Å². The Balaban J connectivity index is 1.68. The van der Waals surface area contributed by atoms with Gasteiger partial charge in [-0.2, -0.15) is 0 Å². The maximum absolute atomic E-state index is 13.7. The number of carbonyl (C=O) groups excluding carboxylic acids is 2. The zero-order chi connectivity index (χ0) is 25.4. The van der Waals surface area contributed by atoms with Crippen LogP contribution in [0, 0.1) is 20.8 Å². The standard InChI is InChI=1S/C30H25N3O2S/c1-19-14-15-26(20(2)16-19)33-29(35)25(28(34)31-30(33)36)18-23-17-21(3)32(24-12-8-5-9-13-24)27(23)22-10-6-4-7-11-22/h4-18H,1-3H3,(H,31,34,36)/b25-18+. The molecule has 1 aromatic heterocycles. The Morgan fingerprint density at radius 2 is 1.50 bits per heavy atom. The Labute approximate surface area is 215 Å². The Hall–Kier alpha value is -4.29. The van der Waals surface area contributed by atoms with E-state index in [1.165, 1.54) is 4.90 Å². The molecule has 6 heteroatoms. The van der Waals surface area contributed by atoms with Crippen LogP contribution in [-0.4, -0.2) is 21.5 Å². The topological polar surface area (TPSA) is 54.3 Å². The van der Waals surface area contributed by atoms with Crippen molar-refractivity contribution < 1.29 is 9.59 Å². The third-order valence-electron chi connectivity index (χ3n) is 6.27. The molecule has 1 fully saturated rings. The first-order valence-corrected chi connectivity index (χ1v) is 12.1. The van der Waals surface area contributed by atoms with E-state index >= 15 is 0 Å². The van der Waals surface area contributed by atoms with Gasteiger partial charge in [0.05, 0.1) is 11.4 Å². The summed E-state index contributed by atoms with van der Waals surface area (Å²) >= 11 is 5.41. The van der Waals surface area contributed by atoms with Gasteiger partial charge in [-0.25, -0.2) is 0 Å². The van der Waals surface area contributed by atoms with Crippen molar-refractivity contribution in [3.8, 4) is 16.9 Å². The summed E-state index contributed by atoms with van der Waals surface area (Å²) in [6.07, 6.45) is 1.67. The molecule has 1 saturated heterocycles. The van der Waals surface area contributed by atoms with Crippen molar-refractivity contribution in [2.45, 2.75) is 20.8 Å². The minimum atomic E-state index is -0.504. The van der Waals surface area contributed by atoms with Crippen LogP contribution in [0.3, 0.4) is 0 Å². The lowest BCUT2D eigenvalue weighted by molar-refractivity contribution is -0.122. The van der Waals surface area contributed by atoms with Crippen molar-refractivity contribution in [2.24, 2.45) is 0 Å². The van der Waals surface area contributed by atoms with Crippen molar-refractivity contribution in [3.05, 3.63) is 113 Å². The van der Waals surface area contributed by atoms with Gasteiger partial charge in [0.15, 0.2) is 5.11 Å². The second-order valence-electron chi connectivity index (χ2n) is 8.87. The van der Waals surface area contributed by atoms with E-state index < -0.39 is 11.8 Å². The van der Waals surface area contributed by atoms with Gasteiger partial charge in [-0.3, -0.25) is 19.8 Å². The normalized spacial score (nSPS) is 14.9. The fourth-order valence-electron chi connectivity index (χ4n) is 4.66. The van der Waals surface area contributed by atoms with Crippen LogP contribution in [0.25, 0.3) is 23.0 Å². The Morgan fingerprint density at radius 1 is 0.833 bits per heavy atom. The fraction of sp³-hybridized carbons (Fsp3) is 0.100. The molecule has 0 radical (unpaired) electrons. The summed E-state index contributed by atoms with van der Waals surface area (Å²) in [7, 11) is 0. The molecule has 2 amide bonds. The third-order valence-corrected chi connectivity index (χ3v) is 6.56. The molecule has 1 N–H and O–H groups in total. The number of amides is 2. The molecule has 5 nitrogen and oxygen atoms in total. The van der Waals surface area contributed by atoms with Crippen LogP contribution in [0.5, 0.6) is 0 Å². The molecule has 2 heterocycles. The number of aryl methyl sites for hydroxylation is 3. The van der Waals surface area contributed by atoms with E-state index in [9.17, 15) is 9.59 Å². The SMILES string of the molecule is Cc1ccc(N2C(=O)/C(=C/c3cc(C)n(-c4ccccc4)c3-c3ccccc3)C(=O)NC2=S)c(C)c1. The Kier molecular flexibility index (Phi) is 6.12. The van der Waals surface area contributed by atoms with Crippen LogP contribution >= 0.6 is 12.2 Å². The molecule has 36 heavy (non-hydrogen) atoms. The molecule has 0 bridgehead atoms. The molecule has 0 atom stereocenters. The first-order valence-electron chi connectivity index (χ1n) is 11.7. The number of benzene rings is 3. The van der Waals surface area contributed by atoms with Gasteiger partial charge in [-0.15, -0.1) is 0 Å². The number of hydrogen-bond donors (Lipinski definition) is 1. The molecule has 0 unspecified atom stereocenters. The highest BCUT2D eigenvalue weighted by molar-refractivity contribution is 7.80. The van der Waals surface area contributed by atoms with Gasteiger partial charge in [0.1, 0.15) is 5.57 Å². The molecule has 3 aromatic carbocycles. The molecule has 1 aliphatic rings. The molecule has 0 spiro atoms. The van der Waals surface area contributed by atoms with E-state index in [2.05, 4.69) is 9.88 Å². The summed E-state index contributed by atoms with van der Waals surface area (Å²) in [4.78, 5) is 28.1. The van der Waals surface area contributed by atoms with Crippen LogP contribution in [0.2, 0.25) is 0 Å². The van der Waals surface area contributed by atoms with Crippen LogP contribution in [-0.2, 0) is 9.59 Å². The quantitative estimate of drug-likeness (QED) is 0.220. The minimum Gasteiger partial charge on any atom is -0.313 e. The van der Waals surface area contributed by atoms with E-state index in [1.54, 1.807) is 6.08 Å². The number of nitrogens with one attached hydrogen (secondary N) is 1. The number of para-hydroxylation sites is 1. The predicted molar refractivity (Wildman–Crippen MR) is 148 cm³/mol. The summed E-state index contributed by atoms with van der Waals surface area (Å²) in [6, 6.07) is 27.8. The maximum atomic E-state index is 13.7. The molecule has 0 aliphatic carbocycles. The lowest BCUT2D eigenvalue weighted by Gasteiger charge is -2.30. The van der Waals surface area contributed by atoms with E-state index in [4.69, 9.17) is 12.2 Å². The molecule has 0 saturated carbocycles. The zero-order valence-electron chi connectivity index (χ0n) is 20.3. The van der Waals surface area contributed by atoms with Gasteiger partial charge in [-0.05, 0) is 74.5 Å². The average molecular weight is 492 g/mol. The highest BCUT2D eigenvalue weighted by atomic mass is 32.1. The van der Waals surface area contributed by atoms with Gasteiger partial charge in [-0.1, -0.05) is 66.2 Å². The predicted octanol–water partition coefficient (Wildman–Crippen LogP) is 5.90. The second-order valence-corrected chi connectivity index (χ2v) is 9.26. The van der Waals surface area contributed by atoms with Crippen molar-refractivity contribution in [3.63, 3.8) is 0 Å². The monoisotopic (exact) mass is 491 g/mol. The van der Waals surface area contributed by atoms with Crippen LogP contribution < -0.4 is 10.2 Å². The summed E-state index contributed by atoms with van der Waals surface area (Å²) in [5, 5.41) is 2.78. The van der Waals surface area contributed by atoms with Crippen molar-refractivity contribution in [1.29, 1.82) is 0 Å². The smallest absolute Gasteiger partial charge is 0.270 e. The van der Waals surface area contributed by atoms with Gasteiger partial charge < -0.3 is 4.57 Å². The lowest BCUT2D eigenvalue weighted by Crippen LogP contribution is -2.54. The lowest BCUT2D eigenvalue weighted by atomic mass is 10.0. The summed E-state index contributed by atoms with van der Waals surface area (Å²) in [6.45, 7) is 5.93. The number of aromatic nitrogens is 1. The number of anilines is 1. The molecule has 1 aliphatic heterocycles. The number of thiocarbonyl (C=S) groups is 1. The summed E-state index contributed by atoms with van der Waals surface area (Å²) < 4.78 is 2.14. The number of hydrogen-bond acceptors (Lipinski definition) is 3.